The summed E-state index contributed by atoms with van der Waals surface area (Å²) in [6, 6.07) is 14.1. The van der Waals surface area contributed by atoms with Crippen molar-refractivity contribution in [3.63, 3.8) is 0 Å². The average Bonchev–Trinajstić information content (AvgIpc) is 2.67. The zero-order valence-corrected chi connectivity index (χ0v) is 17.6. The van der Waals surface area contributed by atoms with Gasteiger partial charge in [0.05, 0.1) is 11.6 Å². The van der Waals surface area contributed by atoms with E-state index in [1.807, 2.05) is 26.0 Å². The van der Waals surface area contributed by atoms with Crippen LogP contribution in [0.1, 0.15) is 23.6 Å². The fourth-order valence-electron chi connectivity index (χ4n) is 2.92. The van der Waals surface area contributed by atoms with Gasteiger partial charge in [-0.05, 0) is 76.4 Å². The molecule has 0 saturated heterocycles. The van der Waals surface area contributed by atoms with Crippen molar-refractivity contribution >= 4 is 28.5 Å². The van der Waals surface area contributed by atoms with Crippen molar-refractivity contribution in [2.75, 3.05) is 6.66 Å². The number of allylic oxidation sites excluding steroid dienone is 1. The molecule has 6 heteroatoms. The van der Waals surface area contributed by atoms with Crippen LogP contribution < -0.4 is 15.1 Å². The van der Waals surface area contributed by atoms with E-state index in [-0.39, 0.29) is 5.91 Å². The highest BCUT2D eigenvalue weighted by molar-refractivity contribution is 7.46. The number of nitrogens with zero attached hydrogens (tertiary/aromatic N) is 1. The number of hydrogen-bond acceptors (Lipinski definition) is 3. The van der Waals surface area contributed by atoms with Crippen LogP contribution in [0.25, 0.3) is 0 Å². The first-order valence-electron chi connectivity index (χ1n) is 8.73. The quantitative estimate of drug-likeness (QED) is 0.772. The Labute approximate surface area is 163 Å². The van der Waals surface area contributed by atoms with Gasteiger partial charge in [0.2, 0.25) is 5.91 Å². The van der Waals surface area contributed by atoms with Gasteiger partial charge in [-0.15, -0.1) is 0 Å². The average molecular weight is 396 g/mol. The summed E-state index contributed by atoms with van der Waals surface area (Å²) in [6.07, 6.45) is 2.91. The van der Waals surface area contributed by atoms with Gasteiger partial charge in [0.25, 0.3) is 0 Å². The number of nitriles is 1. The normalized spacial score (nSPS) is 17.6. The number of carbonyl (C=O) groups is 1. The second-order valence-electron chi connectivity index (χ2n) is 6.57. The molecule has 3 unspecified atom stereocenters. The summed E-state index contributed by atoms with van der Waals surface area (Å²) >= 11 is 0. The summed E-state index contributed by atoms with van der Waals surface area (Å²) in [5.41, 5.74) is 3.93. The maximum atomic E-state index is 11.6. The van der Waals surface area contributed by atoms with Crippen molar-refractivity contribution in [2.24, 2.45) is 0 Å². The molecule has 27 heavy (non-hydrogen) atoms. The maximum Gasteiger partial charge on any atom is 0.249 e. The van der Waals surface area contributed by atoms with Crippen LogP contribution in [0, 0.1) is 18.3 Å². The highest BCUT2D eigenvalue weighted by Gasteiger charge is 2.17. The van der Waals surface area contributed by atoms with Gasteiger partial charge in [-0.1, -0.05) is 26.8 Å². The van der Waals surface area contributed by atoms with E-state index in [1.165, 1.54) is 5.56 Å². The van der Waals surface area contributed by atoms with Crippen molar-refractivity contribution in [2.45, 2.75) is 25.9 Å². The first kappa shape index (κ1) is 19.6. The molecule has 2 aromatic carbocycles. The van der Waals surface area contributed by atoms with E-state index in [2.05, 4.69) is 42.1 Å². The highest BCUT2D eigenvalue weighted by atomic mass is 31.1. The van der Waals surface area contributed by atoms with Crippen LogP contribution in [0.15, 0.2) is 48.0 Å². The van der Waals surface area contributed by atoms with E-state index in [4.69, 9.17) is 4.74 Å². The third kappa shape index (κ3) is 4.95. The third-order valence-electron chi connectivity index (χ3n) is 4.44. The van der Waals surface area contributed by atoms with Crippen LogP contribution in [0.4, 0.5) is 0 Å². The molecule has 0 spiro atoms. The van der Waals surface area contributed by atoms with Crippen molar-refractivity contribution in [1.82, 2.24) is 5.09 Å². The molecule has 3 atom stereocenters. The number of hydrogen-bond donors (Lipinski definition) is 1. The van der Waals surface area contributed by atoms with E-state index in [0.29, 0.717) is 34.3 Å². The minimum Gasteiger partial charge on any atom is -0.457 e. The third-order valence-corrected chi connectivity index (χ3v) is 6.42. The highest BCUT2D eigenvalue weighted by Crippen LogP contribution is 2.31. The van der Waals surface area contributed by atoms with Gasteiger partial charge in [-0.3, -0.25) is 4.79 Å². The molecule has 0 saturated carbocycles. The van der Waals surface area contributed by atoms with E-state index >= 15 is 0 Å². The Morgan fingerprint density at radius 2 is 2.07 bits per heavy atom. The van der Waals surface area contributed by atoms with Crippen molar-refractivity contribution < 1.29 is 9.53 Å². The summed E-state index contributed by atoms with van der Waals surface area (Å²) in [7, 11) is 1.01. The Morgan fingerprint density at radius 3 is 2.78 bits per heavy atom. The number of carbonyl (C=O) groups excluding carboxylic acids is 1. The van der Waals surface area contributed by atoms with Crippen LogP contribution in [0.2, 0.25) is 0 Å². The molecule has 3 rings (SSSR count). The maximum absolute atomic E-state index is 11.6. The number of nitrogens with one attached hydrogen (secondary N) is 1. The Bertz CT molecular complexity index is 948. The predicted molar refractivity (Wildman–Crippen MR) is 114 cm³/mol. The number of aryl methyl sites for hydroxylation is 1. The number of ether oxygens (including phenoxy) is 1. The minimum absolute atomic E-state index is 0.0299. The Hall–Kier alpha value is -2.20. The fraction of sp³-hybridized carbons (Fsp3) is 0.238. The summed E-state index contributed by atoms with van der Waals surface area (Å²) in [5.74, 6) is 1.53. The lowest BCUT2D eigenvalue weighted by molar-refractivity contribution is -0.115. The molecule has 2 aromatic rings. The summed E-state index contributed by atoms with van der Waals surface area (Å²) < 4.78 is 6.13. The zero-order chi connectivity index (χ0) is 19.4. The summed E-state index contributed by atoms with van der Waals surface area (Å²) in [4.78, 5) is 11.6. The lowest BCUT2D eigenvalue weighted by Crippen LogP contribution is -2.24. The lowest BCUT2D eigenvalue weighted by Gasteiger charge is -2.20. The monoisotopic (exact) mass is 396 g/mol. The van der Waals surface area contributed by atoms with Crippen LogP contribution >= 0.6 is 17.3 Å². The Balaban J connectivity index is 1.82. The first-order valence-corrected chi connectivity index (χ1v) is 11.3. The Kier molecular flexibility index (Phi) is 6.27. The van der Waals surface area contributed by atoms with Crippen molar-refractivity contribution in [3.05, 3.63) is 64.7 Å². The molecule has 1 amide bonds. The van der Waals surface area contributed by atoms with Gasteiger partial charge >= 0.3 is 0 Å². The molecule has 0 radical (unpaired) electrons. The number of benzene rings is 2. The largest absolute Gasteiger partial charge is 0.457 e. The summed E-state index contributed by atoms with van der Waals surface area (Å²) in [5, 5.41) is 13.3. The standard InChI is InChI=1S/C21H22N2O2P2/c1-13-4-5-15(8-19-6-14(2)21(24)23-27-19)10-20(13)25-17-7-16(12-22)9-18(11-17)26-3/h4-7,9-11,19,26-27H,8H2,1-3H3,(H,23,24). The Morgan fingerprint density at radius 1 is 1.26 bits per heavy atom. The zero-order valence-electron chi connectivity index (χ0n) is 15.6. The molecule has 0 fully saturated rings. The summed E-state index contributed by atoms with van der Waals surface area (Å²) in [6.45, 7) is 5.96. The van der Waals surface area contributed by atoms with E-state index in [9.17, 15) is 10.1 Å². The SMILES string of the molecule is CPc1cc(C#N)cc(Oc2cc(CC3C=C(C)C(=O)NP3)ccc2C)c1. The topological polar surface area (TPSA) is 62.1 Å². The van der Waals surface area contributed by atoms with E-state index < -0.39 is 0 Å². The van der Waals surface area contributed by atoms with Crippen molar-refractivity contribution in [3.8, 4) is 17.6 Å². The van der Waals surface area contributed by atoms with Gasteiger partial charge in [-0.25, -0.2) is 0 Å². The molecule has 138 valence electrons. The second kappa shape index (κ2) is 8.66. The van der Waals surface area contributed by atoms with Crippen LogP contribution in [0.3, 0.4) is 0 Å². The van der Waals surface area contributed by atoms with Gasteiger partial charge < -0.3 is 9.82 Å². The minimum atomic E-state index is 0.0299. The van der Waals surface area contributed by atoms with E-state index in [1.54, 1.807) is 6.07 Å². The van der Waals surface area contributed by atoms with Crippen molar-refractivity contribution in [1.29, 1.82) is 5.26 Å². The molecular formula is C21H22N2O2P2. The molecule has 0 aliphatic carbocycles. The molecule has 1 aliphatic heterocycles. The molecular weight excluding hydrogens is 374 g/mol. The number of amides is 1. The van der Waals surface area contributed by atoms with Gasteiger partial charge in [-0.2, -0.15) is 5.26 Å². The van der Waals surface area contributed by atoms with E-state index in [0.717, 1.165) is 28.6 Å². The lowest BCUT2D eigenvalue weighted by atomic mass is 10.0. The predicted octanol–water partition coefficient (Wildman–Crippen LogP) is 4.17. The van der Waals surface area contributed by atoms with Crippen LogP contribution in [-0.4, -0.2) is 18.2 Å². The van der Waals surface area contributed by atoms with Gasteiger partial charge in [0.1, 0.15) is 11.5 Å². The van der Waals surface area contributed by atoms with Gasteiger partial charge in [0.15, 0.2) is 0 Å². The molecule has 0 aromatic heterocycles. The number of rotatable bonds is 5. The molecule has 1 N–H and O–H groups in total. The molecule has 4 nitrogen and oxygen atoms in total. The van der Waals surface area contributed by atoms with Crippen LogP contribution in [-0.2, 0) is 11.2 Å². The molecule has 1 aliphatic rings. The fourth-order valence-corrected chi connectivity index (χ4v) is 4.69. The second-order valence-corrected chi connectivity index (χ2v) is 8.93. The molecule has 0 bridgehead atoms. The first-order chi connectivity index (χ1) is 13.0. The van der Waals surface area contributed by atoms with Crippen LogP contribution in [0.5, 0.6) is 11.5 Å². The van der Waals surface area contributed by atoms with Gasteiger partial charge in [0, 0.05) is 11.2 Å². The smallest absolute Gasteiger partial charge is 0.249 e. The molecule has 1 heterocycles.